The summed E-state index contributed by atoms with van der Waals surface area (Å²) in [6.45, 7) is 3.72. The number of methoxy groups -OCH3 is 2. The van der Waals surface area contributed by atoms with E-state index in [0.29, 0.717) is 12.0 Å². The lowest BCUT2D eigenvalue weighted by Gasteiger charge is -2.15. The Balaban J connectivity index is 2.59. The summed E-state index contributed by atoms with van der Waals surface area (Å²) < 4.78 is 9.43. The zero-order valence-corrected chi connectivity index (χ0v) is 14.2. The van der Waals surface area contributed by atoms with Crippen LogP contribution in [0.4, 0.5) is 0 Å². The average molecular weight is 328 g/mol. The molecule has 24 heavy (non-hydrogen) atoms. The van der Waals surface area contributed by atoms with E-state index in [1.165, 1.54) is 14.2 Å². The van der Waals surface area contributed by atoms with E-state index >= 15 is 0 Å². The van der Waals surface area contributed by atoms with Crippen molar-refractivity contribution in [2.75, 3.05) is 14.2 Å². The molecule has 0 spiro atoms. The molecule has 2 aromatic carbocycles. The smallest absolute Gasteiger partial charge is 0.341 e. The molecule has 0 unspecified atom stereocenters. The topological polar surface area (TPSA) is 72.8 Å². The number of esters is 2. The lowest BCUT2D eigenvalue weighted by molar-refractivity contribution is 0.0592. The molecule has 0 aliphatic heterocycles. The molecule has 0 radical (unpaired) electrons. The van der Waals surface area contributed by atoms with Crippen molar-refractivity contribution in [1.82, 2.24) is 0 Å². The fraction of sp³-hybridized carbons (Fsp3) is 0.263. The first-order valence-electron chi connectivity index (χ1n) is 7.46. The second-order valence-electron chi connectivity index (χ2n) is 5.58. The molecule has 0 bridgehead atoms. The van der Waals surface area contributed by atoms with Gasteiger partial charge < -0.3 is 14.6 Å². The van der Waals surface area contributed by atoms with E-state index in [1.807, 2.05) is 31.2 Å². The van der Waals surface area contributed by atoms with Crippen LogP contribution in [0.5, 0.6) is 5.75 Å². The number of hydrogen-bond donors (Lipinski definition) is 1. The van der Waals surface area contributed by atoms with Gasteiger partial charge in [0.15, 0.2) is 0 Å². The van der Waals surface area contributed by atoms with Gasteiger partial charge in [-0.15, -0.1) is 0 Å². The van der Waals surface area contributed by atoms with Crippen molar-refractivity contribution in [1.29, 1.82) is 0 Å². The Labute approximate surface area is 140 Å². The minimum absolute atomic E-state index is 0.0116. The first-order valence-corrected chi connectivity index (χ1v) is 7.46. The van der Waals surface area contributed by atoms with Crippen LogP contribution in [0.25, 0.3) is 0 Å². The molecule has 5 nitrogen and oxygen atoms in total. The molecular weight excluding hydrogens is 308 g/mol. The van der Waals surface area contributed by atoms with E-state index in [2.05, 4.69) is 0 Å². The quantitative estimate of drug-likeness (QED) is 0.873. The van der Waals surface area contributed by atoms with Crippen LogP contribution in [0.2, 0.25) is 0 Å². The van der Waals surface area contributed by atoms with Crippen molar-refractivity contribution in [2.24, 2.45) is 0 Å². The summed E-state index contributed by atoms with van der Waals surface area (Å²) in [5.41, 5.74) is 3.44. The van der Waals surface area contributed by atoms with Gasteiger partial charge in [0.25, 0.3) is 0 Å². The van der Waals surface area contributed by atoms with Crippen molar-refractivity contribution in [2.45, 2.75) is 20.3 Å². The highest BCUT2D eigenvalue weighted by atomic mass is 16.5. The highest BCUT2D eigenvalue weighted by molar-refractivity contribution is 6.01. The van der Waals surface area contributed by atoms with Gasteiger partial charge in [-0.2, -0.15) is 0 Å². The van der Waals surface area contributed by atoms with Crippen LogP contribution in [0.1, 0.15) is 43.0 Å². The third kappa shape index (κ3) is 3.40. The zero-order chi connectivity index (χ0) is 17.9. The van der Waals surface area contributed by atoms with Gasteiger partial charge in [-0.25, -0.2) is 9.59 Å². The fourth-order valence-corrected chi connectivity index (χ4v) is 2.55. The van der Waals surface area contributed by atoms with Crippen molar-refractivity contribution in [3.05, 3.63) is 63.7 Å². The summed E-state index contributed by atoms with van der Waals surface area (Å²) in [7, 11) is 2.45. The predicted molar refractivity (Wildman–Crippen MR) is 89.5 cm³/mol. The Morgan fingerprint density at radius 2 is 1.58 bits per heavy atom. The lowest BCUT2D eigenvalue weighted by atomic mass is 9.92. The number of phenols is 1. The molecule has 0 saturated heterocycles. The highest BCUT2D eigenvalue weighted by Gasteiger charge is 2.25. The number of phenolic OH excluding ortho intramolecular Hbond substituents is 1. The molecule has 0 aliphatic carbocycles. The molecule has 0 fully saturated rings. The molecule has 2 rings (SSSR count). The second-order valence-corrected chi connectivity index (χ2v) is 5.58. The molecule has 0 heterocycles. The van der Waals surface area contributed by atoms with Gasteiger partial charge in [0, 0.05) is 0 Å². The maximum absolute atomic E-state index is 12.0. The summed E-state index contributed by atoms with van der Waals surface area (Å²) >= 11 is 0. The van der Waals surface area contributed by atoms with E-state index in [-0.39, 0.29) is 11.1 Å². The van der Waals surface area contributed by atoms with E-state index in [0.717, 1.165) is 16.7 Å². The Kier molecular flexibility index (Phi) is 5.24. The predicted octanol–water partition coefficient (Wildman–Crippen LogP) is 3.17. The van der Waals surface area contributed by atoms with Crippen LogP contribution >= 0.6 is 0 Å². The molecule has 2 aromatic rings. The summed E-state index contributed by atoms with van der Waals surface area (Å²) in [4.78, 5) is 24.0. The van der Waals surface area contributed by atoms with Crippen molar-refractivity contribution in [3.8, 4) is 5.75 Å². The lowest BCUT2D eigenvalue weighted by Crippen LogP contribution is -2.12. The first kappa shape index (κ1) is 17.5. The summed E-state index contributed by atoms with van der Waals surface area (Å²) in [5.74, 6) is -1.82. The van der Waals surface area contributed by atoms with Crippen LogP contribution in [-0.4, -0.2) is 31.3 Å². The molecule has 0 aromatic heterocycles. The van der Waals surface area contributed by atoms with Gasteiger partial charge in [-0.1, -0.05) is 29.8 Å². The molecule has 1 N–H and O–H groups in total. The Bertz CT molecular complexity index is 775. The van der Waals surface area contributed by atoms with Gasteiger partial charge >= 0.3 is 11.9 Å². The Morgan fingerprint density at radius 3 is 2.12 bits per heavy atom. The third-order valence-electron chi connectivity index (χ3n) is 3.98. The molecule has 0 saturated carbocycles. The zero-order valence-electron chi connectivity index (χ0n) is 14.2. The maximum atomic E-state index is 12.0. The number of aromatic hydroxyl groups is 1. The van der Waals surface area contributed by atoms with E-state index in [1.54, 1.807) is 13.0 Å². The monoisotopic (exact) mass is 328 g/mol. The number of aryl methyl sites for hydroxylation is 1. The minimum Gasteiger partial charge on any atom is -0.506 e. The maximum Gasteiger partial charge on any atom is 0.341 e. The van der Waals surface area contributed by atoms with Gasteiger partial charge in [0.2, 0.25) is 0 Å². The van der Waals surface area contributed by atoms with Crippen LogP contribution in [-0.2, 0) is 15.9 Å². The first-order chi connectivity index (χ1) is 11.4. The molecule has 0 atom stereocenters. The van der Waals surface area contributed by atoms with E-state index < -0.39 is 17.7 Å². The number of ether oxygens (including phenoxy) is 2. The number of hydrogen-bond acceptors (Lipinski definition) is 5. The van der Waals surface area contributed by atoms with E-state index in [4.69, 9.17) is 9.47 Å². The molecule has 126 valence electrons. The van der Waals surface area contributed by atoms with Gasteiger partial charge in [0.1, 0.15) is 16.9 Å². The molecule has 5 heteroatoms. The van der Waals surface area contributed by atoms with Crippen molar-refractivity contribution < 1.29 is 24.2 Å². The Hall–Kier alpha value is -2.82. The third-order valence-corrected chi connectivity index (χ3v) is 3.98. The molecular formula is C19H20O5. The summed E-state index contributed by atoms with van der Waals surface area (Å²) in [5, 5.41) is 10.3. The summed E-state index contributed by atoms with van der Waals surface area (Å²) in [6.07, 6.45) is 0.514. The number of rotatable bonds is 4. The van der Waals surface area contributed by atoms with Gasteiger partial charge in [0.05, 0.1) is 14.2 Å². The van der Waals surface area contributed by atoms with E-state index in [9.17, 15) is 14.7 Å². The normalized spacial score (nSPS) is 10.3. The Morgan fingerprint density at radius 1 is 1.00 bits per heavy atom. The van der Waals surface area contributed by atoms with Crippen LogP contribution in [0, 0.1) is 13.8 Å². The van der Waals surface area contributed by atoms with Crippen LogP contribution in [0.15, 0.2) is 30.3 Å². The highest BCUT2D eigenvalue weighted by Crippen LogP contribution is 2.31. The largest absolute Gasteiger partial charge is 0.506 e. The van der Waals surface area contributed by atoms with Crippen molar-refractivity contribution in [3.63, 3.8) is 0 Å². The minimum atomic E-state index is -0.706. The number of carbonyl (C=O) groups excluding carboxylic acids is 2. The second kappa shape index (κ2) is 7.17. The average Bonchev–Trinajstić information content (AvgIpc) is 2.58. The standard InChI is InChI=1S/C19H20O5/c1-11-5-7-13(8-6-11)9-14-10-15(18(21)23-3)17(20)16(12(14)2)19(22)24-4/h5-8,10,20H,9H2,1-4H3. The SMILES string of the molecule is COC(=O)c1cc(Cc2ccc(C)cc2)c(C)c(C(=O)OC)c1O. The molecule has 0 amide bonds. The number of benzene rings is 2. The van der Waals surface area contributed by atoms with Crippen LogP contribution < -0.4 is 0 Å². The van der Waals surface area contributed by atoms with Gasteiger partial charge in [-0.3, -0.25) is 0 Å². The summed E-state index contributed by atoms with van der Waals surface area (Å²) in [6, 6.07) is 9.51. The number of carbonyl (C=O) groups is 2. The fourth-order valence-electron chi connectivity index (χ4n) is 2.55. The molecule has 0 aliphatic rings. The van der Waals surface area contributed by atoms with Gasteiger partial charge in [-0.05, 0) is 43.0 Å². The van der Waals surface area contributed by atoms with Crippen molar-refractivity contribution >= 4 is 11.9 Å². The van der Waals surface area contributed by atoms with Crippen LogP contribution in [0.3, 0.4) is 0 Å².